The second-order valence-electron chi connectivity index (χ2n) is 8.37. The molecule has 2 aromatic heterocycles. The van der Waals surface area contributed by atoms with Gasteiger partial charge in [0.1, 0.15) is 11.9 Å². The van der Waals surface area contributed by atoms with E-state index in [9.17, 15) is 14.4 Å². The minimum atomic E-state index is -1.05. The fourth-order valence-electron chi connectivity index (χ4n) is 4.25. The number of nitrogens with two attached hydrogens (primary N) is 1. The number of carbonyl (C=O) groups is 3. The summed E-state index contributed by atoms with van der Waals surface area (Å²) in [5.74, 6) is -1.41. The van der Waals surface area contributed by atoms with Crippen LogP contribution >= 0.6 is 0 Å². The van der Waals surface area contributed by atoms with Gasteiger partial charge in [0, 0.05) is 13.2 Å². The van der Waals surface area contributed by atoms with E-state index in [2.05, 4.69) is 20.5 Å². The van der Waals surface area contributed by atoms with Crippen LogP contribution in [0.3, 0.4) is 0 Å². The van der Waals surface area contributed by atoms with Gasteiger partial charge in [-0.15, -0.1) is 5.10 Å². The van der Waals surface area contributed by atoms with Crippen LogP contribution in [0.2, 0.25) is 0 Å². The summed E-state index contributed by atoms with van der Waals surface area (Å²) in [6, 6.07) is 10.9. The predicted molar refractivity (Wildman–Crippen MR) is 127 cm³/mol. The summed E-state index contributed by atoms with van der Waals surface area (Å²) in [5.41, 5.74) is 7.44. The van der Waals surface area contributed by atoms with Gasteiger partial charge in [0.15, 0.2) is 0 Å². The van der Waals surface area contributed by atoms with Crippen molar-refractivity contribution in [3.8, 4) is 0 Å². The normalized spacial score (nSPS) is 18.0. The largest absolute Gasteiger partial charge is 0.411 e. The third-order valence-electron chi connectivity index (χ3n) is 6.03. The van der Waals surface area contributed by atoms with Gasteiger partial charge < -0.3 is 15.5 Å². The summed E-state index contributed by atoms with van der Waals surface area (Å²) < 4.78 is 5.14. The quantitative estimate of drug-likeness (QED) is 0.470. The van der Waals surface area contributed by atoms with Gasteiger partial charge in [0.05, 0.1) is 12.0 Å². The van der Waals surface area contributed by atoms with E-state index in [4.69, 9.17) is 10.2 Å². The number of hydrogen-bond acceptors (Lipinski definition) is 8. The Kier molecular flexibility index (Phi) is 7.04. The fraction of sp³-hybridized carbons (Fsp3) is 0.333. The van der Waals surface area contributed by atoms with Crippen LogP contribution < -0.4 is 16.0 Å². The number of likely N-dealkylation sites (N-methyl/N-ethyl adjacent to an activating group) is 1. The maximum absolute atomic E-state index is 13.4. The van der Waals surface area contributed by atoms with Crippen LogP contribution in [-0.4, -0.2) is 51.0 Å². The molecule has 1 aliphatic rings. The van der Waals surface area contributed by atoms with Gasteiger partial charge >= 0.3 is 12.0 Å². The molecule has 3 atom stereocenters. The molecule has 1 aromatic carbocycles. The Balaban J connectivity index is 1.59. The lowest BCUT2D eigenvalue weighted by Gasteiger charge is -2.45. The van der Waals surface area contributed by atoms with Crippen LogP contribution in [0.15, 0.2) is 59.5 Å². The van der Waals surface area contributed by atoms with Crippen LogP contribution in [0.4, 0.5) is 16.6 Å². The SMILES string of the molecule is CCC[C@@H](NC(=O)N1C(=O)[C@H](Cc2ccnc(N)c2)[C@H]1C(=O)N(C)c1nnco1)c1ccccc1. The molecule has 182 valence electrons. The molecule has 11 heteroatoms. The van der Waals surface area contributed by atoms with Gasteiger partial charge in [0.25, 0.3) is 5.91 Å². The molecule has 0 spiro atoms. The van der Waals surface area contributed by atoms with Crippen molar-refractivity contribution in [3.05, 3.63) is 66.2 Å². The highest BCUT2D eigenvalue weighted by Crippen LogP contribution is 2.33. The number of imide groups is 1. The fourth-order valence-corrected chi connectivity index (χ4v) is 4.25. The van der Waals surface area contributed by atoms with E-state index < -0.39 is 29.8 Å². The average molecular weight is 478 g/mol. The second kappa shape index (κ2) is 10.3. The number of carbonyl (C=O) groups excluding carboxylic acids is 3. The first kappa shape index (κ1) is 23.9. The number of nitrogens with one attached hydrogen (secondary N) is 1. The van der Waals surface area contributed by atoms with Gasteiger partial charge in [-0.05, 0) is 36.1 Å². The van der Waals surface area contributed by atoms with Crippen LogP contribution in [0.25, 0.3) is 0 Å². The molecule has 0 unspecified atom stereocenters. The van der Waals surface area contributed by atoms with Crippen LogP contribution in [0.5, 0.6) is 0 Å². The molecular weight excluding hydrogens is 450 g/mol. The number of hydrogen-bond donors (Lipinski definition) is 2. The smallest absolute Gasteiger partial charge is 0.325 e. The molecule has 0 bridgehead atoms. The van der Waals surface area contributed by atoms with Crippen molar-refractivity contribution in [3.63, 3.8) is 0 Å². The van der Waals surface area contributed by atoms with Crippen LogP contribution in [0, 0.1) is 5.92 Å². The van der Waals surface area contributed by atoms with Gasteiger partial charge in [0.2, 0.25) is 12.3 Å². The Morgan fingerprint density at radius 1 is 1.26 bits per heavy atom. The number of urea groups is 1. The zero-order chi connectivity index (χ0) is 24.9. The maximum atomic E-state index is 13.4. The molecule has 4 rings (SSSR count). The molecule has 0 aliphatic carbocycles. The van der Waals surface area contributed by atoms with Crippen molar-refractivity contribution in [2.24, 2.45) is 5.92 Å². The van der Waals surface area contributed by atoms with Crippen molar-refractivity contribution < 1.29 is 18.8 Å². The average Bonchev–Trinajstić information content (AvgIpc) is 3.40. The molecule has 1 saturated heterocycles. The summed E-state index contributed by atoms with van der Waals surface area (Å²) in [6.07, 6.45) is 4.36. The number of amides is 4. The number of nitrogens with zero attached hydrogens (tertiary/aromatic N) is 5. The highest BCUT2D eigenvalue weighted by atomic mass is 16.4. The molecule has 3 heterocycles. The number of rotatable bonds is 8. The first-order chi connectivity index (χ1) is 16.9. The number of anilines is 2. The first-order valence-electron chi connectivity index (χ1n) is 11.3. The van der Waals surface area contributed by atoms with Crippen molar-refractivity contribution in [2.45, 2.75) is 38.3 Å². The Morgan fingerprint density at radius 3 is 2.69 bits per heavy atom. The number of nitrogen functional groups attached to an aromatic ring is 1. The Hall–Kier alpha value is -4.28. The Bertz CT molecular complexity index is 1190. The zero-order valence-corrected chi connectivity index (χ0v) is 19.5. The van der Waals surface area contributed by atoms with Gasteiger partial charge in [-0.25, -0.2) is 9.78 Å². The highest BCUT2D eigenvalue weighted by Gasteiger charge is 2.55. The molecule has 1 aliphatic heterocycles. The Labute approximate surface area is 202 Å². The summed E-state index contributed by atoms with van der Waals surface area (Å²) in [6.45, 7) is 2.01. The molecule has 35 heavy (non-hydrogen) atoms. The lowest BCUT2D eigenvalue weighted by Crippen LogP contribution is -2.70. The molecule has 4 amide bonds. The van der Waals surface area contributed by atoms with E-state index in [1.165, 1.54) is 13.2 Å². The van der Waals surface area contributed by atoms with E-state index in [0.717, 1.165) is 33.7 Å². The molecule has 3 N–H and O–H groups in total. The lowest BCUT2D eigenvalue weighted by atomic mass is 9.81. The number of benzene rings is 1. The van der Waals surface area contributed by atoms with Crippen LogP contribution in [-0.2, 0) is 16.0 Å². The molecule has 11 nitrogen and oxygen atoms in total. The van der Waals surface area contributed by atoms with E-state index in [0.29, 0.717) is 12.2 Å². The molecule has 0 radical (unpaired) electrons. The van der Waals surface area contributed by atoms with Gasteiger partial charge in [-0.2, -0.15) is 0 Å². The lowest BCUT2D eigenvalue weighted by molar-refractivity contribution is -0.156. The number of aromatic nitrogens is 3. The van der Waals surface area contributed by atoms with Crippen molar-refractivity contribution in [1.82, 2.24) is 25.4 Å². The van der Waals surface area contributed by atoms with E-state index >= 15 is 0 Å². The summed E-state index contributed by atoms with van der Waals surface area (Å²) in [5, 5.41) is 10.3. The van der Waals surface area contributed by atoms with Crippen LogP contribution in [0.1, 0.15) is 36.9 Å². The predicted octanol–water partition coefficient (Wildman–Crippen LogP) is 2.33. The minimum Gasteiger partial charge on any atom is -0.411 e. The van der Waals surface area contributed by atoms with E-state index in [1.54, 1.807) is 12.1 Å². The number of likely N-dealkylation sites (tertiary alicyclic amines) is 1. The monoisotopic (exact) mass is 477 g/mol. The van der Waals surface area contributed by atoms with Gasteiger partial charge in [-0.1, -0.05) is 48.8 Å². The maximum Gasteiger partial charge on any atom is 0.325 e. The van der Waals surface area contributed by atoms with Crippen molar-refractivity contribution in [1.29, 1.82) is 0 Å². The summed E-state index contributed by atoms with van der Waals surface area (Å²) in [4.78, 5) is 46.0. The molecule has 0 saturated carbocycles. The topological polar surface area (TPSA) is 148 Å². The highest BCUT2D eigenvalue weighted by molar-refractivity contribution is 6.12. The zero-order valence-electron chi connectivity index (χ0n) is 19.5. The molecular formula is C24H27N7O4. The third-order valence-corrected chi connectivity index (χ3v) is 6.03. The third kappa shape index (κ3) is 4.98. The van der Waals surface area contributed by atoms with E-state index in [-0.39, 0.29) is 18.5 Å². The first-order valence-corrected chi connectivity index (χ1v) is 11.3. The number of pyridine rings is 1. The molecule has 1 fully saturated rings. The number of β-lactam (4-membered cyclic amide) rings is 1. The van der Waals surface area contributed by atoms with E-state index in [1.807, 2.05) is 37.3 Å². The van der Waals surface area contributed by atoms with Crippen molar-refractivity contribution >= 4 is 29.7 Å². The van der Waals surface area contributed by atoms with Gasteiger partial charge in [-0.3, -0.25) is 19.4 Å². The Morgan fingerprint density at radius 2 is 2.03 bits per heavy atom. The second-order valence-corrected chi connectivity index (χ2v) is 8.37. The standard InChI is InChI=1S/C24H27N7O4/c1-3-7-18(16-8-5-4-6-9-16)28-23(34)31-20(22(33)30(2)24-29-27-14-35-24)17(21(31)32)12-15-10-11-26-19(25)13-15/h4-6,8-11,13-14,17-18,20H,3,7,12H2,1-2H3,(H2,25,26)(H,28,34)/t17-,18-,20+/m1/s1. The summed E-state index contributed by atoms with van der Waals surface area (Å²) >= 11 is 0. The van der Waals surface area contributed by atoms with Crippen molar-refractivity contribution in [2.75, 3.05) is 17.7 Å². The molecule has 3 aromatic rings. The minimum absolute atomic E-state index is 0.0326. The summed E-state index contributed by atoms with van der Waals surface area (Å²) in [7, 11) is 1.46.